The highest BCUT2D eigenvalue weighted by molar-refractivity contribution is 6.32. The quantitative estimate of drug-likeness (QED) is 0.463. The van der Waals surface area contributed by atoms with Gasteiger partial charge in [0.05, 0.1) is 11.3 Å². The lowest BCUT2D eigenvalue weighted by Crippen LogP contribution is -2.13. The summed E-state index contributed by atoms with van der Waals surface area (Å²) in [7, 11) is 0. The van der Waals surface area contributed by atoms with Crippen LogP contribution in [-0.4, -0.2) is 15.9 Å². The minimum Gasteiger partial charge on any atom is -0.355 e. The molecule has 0 unspecified atom stereocenters. The Kier molecular flexibility index (Phi) is 4.54. The van der Waals surface area contributed by atoms with Crippen molar-refractivity contribution < 1.29 is 4.79 Å². The van der Waals surface area contributed by atoms with E-state index >= 15 is 0 Å². The second kappa shape index (κ2) is 7.35. The number of aromatic amines is 1. The first-order valence-corrected chi connectivity index (χ1v) is 9.89. The summed E-state index contributed by atoms with van der Waals surface area (Å²) in [5, 5.41) is 8.03. The Bertz CT molecular complexity index is 1220. The maximum absolute atomic E-state index is 12.3. The Hall–Kier alpha value is -3.15. The number of hydrogen-bond donors (Lipinski definition) is 3. The molecule has 144 valence electrons. The van der Waals surface area contributed by atoms with Gasteiger partial charge in [-0.3, -0.25) is 9.78 Å². The second-order valence-electron chi connectivity index (χ2n) is 7.16. The third-order valence-corrected chi connectivity index (χ3v) is 5.60. The average molecular weight is 403 g/mol. The fourth-order valence-electron chi connectivity index (χ4n) is 3.81. The van der Waals surface area contributed by atoms with E-state index in [-0.39, 0.29) is 5.91 Å². The van der Waals surface area contributed by atoms with E-state index < -0.39 is 0 Å². The Morgan fingerprint density at radius 3 is 2.86 bits per heavy atom. The summed E-state index contributed by atoms with van der Waals surface area (Å²) in [5.74, 6) is -0.0735. The van der Waals surface area contributed by atoms with Crippen LogP contribution in [0.3, 0.4) is 0 Å². The lowest BCUT2D eigenvalue weighted by atomic mass is 10.0. The van der Waals surface area contributed by atoms with Gasteiger partial charge in [0.25, 0.3) is 5.91 Å². The van der Waals surface area contributed by atoms with Crippen molar-refractivity contribution >= 4 is 28.4 Å². The molecule has 0 spiro atoms. The van der Waals surface area contributed by atoms with Crippen LogP contribution in [0, 0.1) is 0 Å². The monoisotopic (exact) mass is 402 g/mol. The number of pyridine rings is 1. The lowest BCUT2D eigenvalue weighted by Gasteiger charge is -2.06. The third-order valence-electron chi connectivity index (χ3n) is 5.25. The van der Waals surface area contributed by atoms with E-state index in [4.69, 9.17) is 11.6 Å². The van der Waals surface area contributed by atoms with E-state index in [1.54, 1.807) is 6.20 Å². The van der Waals surface area contributed by atoms with Crippen LogP contribution < -0.4 is 10.6 Å². The molecule has 3 N–H and O–H groups in total. The first-order chi connectivity index (χ1) is 14.2. The van der Waals surface area contributed by atoms with Crippen molar-refractivity contribution in [3.05, 3.63) is 88.2 Å². The van der Waals surface area contributed by atoms with Gasteiger partial charge in [-0.25, -0.2) is 0 Å². The smallest absolute Gasteiger partial charge is 0.252 e. The van der Waals surface area contributed by atoms with Gasteiger partial charge in [-0.15, -0.1) is 0 Å². The zero-order valence-corrected chi connectivity index (χ0v) is 16.4. The summed E-state index contributed by atoms with van der Waals surface area (Å²) in [6.07, 6.45) is 1.80. The Morgan fingerprint density at radius 2 is 2.00 bits per heavy atom. The molecule has 5 nitrogen and oxygen atoms in total. The number of rotatable bonds is 5. The number of aromatic nitrogens is 2. The van der Waals surface area contributed by atoms with Crippen molar-refractivity contribution in [2.45, 2.75) is 19.6 Å². The molecule has 0 atom stereocenters. The molecule has 0 saturated carbocycles. The van der Waals surface area contributed by atoms with E-state index in [0.717, 1.165) is 46.5 Å². The number of carbonyl (C=O) groups excluding carboxylic acids is 1. The number of amides is 1. The van der Waals surface area contributed by atoms with Crippen LogP contribution in [0.5, 0.6) is 0 Å². The number of carbonyl (C=O) groups is 1. The molecule has 6 heteroatoms. The van der Waals surface area contributed by atoms with Crippen molar-refractivity contribution in [1.82, 2.24) is 20.6 Å². The van der Waals surface area contributed by atoms with E-state index in [0.29, 0.717) is 17.1 Å². The summed E-state index contributed by atoms with van der Waals surface area (Å²) in [5.41, 5.74) is 6.59. The van der Waals surface area contributed by atoms with Crippen LogP contribution in [-0.2, 0) is 19.6 Å². The van der Waals surface area contributed by atoms with Gasteiger partial charge in [0, 0.05) is 58.6 Å². The van der Waals surface area contributed by atoms with Gasteiger partial charge in [0.2, 0.25) is 0 Å². The van der Waals surface area contributed by atoms with E-state index in [9.17, 15) is 4.79 Å². The van der Waals surface area contributed by atoms with Crippen LogP contribution in [0.25, 0.3) is 22.2 Å². The molecule has 2 aromatic heterocycles. The molecule has 2 aromatic carbocycles. The number of nitrogens with one attached hydrogen (secondary N) is 3. The van der Waals surface area contributed by atoms with Gasteiger partial charge in [-0.2, -0.15) is 0 Å². The van der Waals surface area contributed by atoms with Crippen molar-refractivity contribution in [2.75, 3.05) is 0 Å². The van der Waals surface area contributed by atoms with Crippen LogP contribution >= 0.6 is 11.6 Å². The minimum absolute atomic E-state index is 0.0735. The van der Waals surface area contributed by atoms with Crippen molar-refractivity contribution in [3.8, 4) is 11.3 Å². The second-order valence-corrected chi connectivity index (χ2v) is 7.57. The summed E-state index contributed by atoms with van der Waals surface area (Å²) in [6.45, 7) is 1.96. The van der Waals surface area contributed by atoms with Gasteiger partial charge in [-0.05, 0) is 42.0 Å². The highest BCUT2D eigenvalue weighted by Crippen LogP contribution is 2.34. The van der Waals surface area contributed by atoms with Crippen LogP contribution in [0.4, 0.5) is 0 Å². The fraction of sp³-hybridized carbons (Fsp3) is 0.130. The molecule has 0 radical (unpaired) electrons. The van der Waals surface area contributed by atoms with Gasteiger partial charge in [0.1, 0.15) is 0 Å². The summed E-state index contributed by atoms with van der Waals surface area (Å²) >= 11 is 6.27. The number of fused-ring (bicyclic) bond motifs is 2. The number of nitrogens with zero attached hydrogens (tertiary/aromatic N) is 1. The Labute approximate surface area is 173 Å². The number of halogens is 1. The van der Waals surface area contributed by atoms with E-state index in [1.807, 2.05) is 30.3 Å². The Balaban J connectivity index is 1.41. The summed E-state index contributed by atoms with van der Waals surface area (Å²) < 4.78 is 0. The van der Waals surface area contributed by atoms with Crippen LogP contribution in [0.1, 0.15) is 27.2 Å². The molecule has 5 rings (SSSR count). The molecule has 1 aliphatic rings. The molecule has 1 aliphatic heterocycles. The van der Waals surface area contributed by atoms with Crippen molar-refractivity contribution in [2.24, 2.45) is 0 Å². The number of hydrogen-bond acceptors (Lipinski definition) is 3. The van der Waals surface area contributed by atoms with Crippen molar-refractivity contribution in [1.29, 1.82) is 0 Å². The molecule has 29 heavy (non-hydrogen) atoms. The Morgan fingerprint density at radius 1 is 1.07 bits per heavy atom. The molecule has 0 aliphatic carbocycles. The van der Waals surface area contributed by atoms with Crippen LogP contribution in [0.2, 0.25) is 5.02 Å². The number of benzene rings is 2. The third kappa shape index (κ3) is 3.39. The molecule has 4 aromatic rings. The first-order valence-electron chi connectivity index (χ1n) is 9.51. The predicted octanol–water partition coefficient (Wildman–Crippen LogP) is 4.42. The maximum atomic E-state index is 12.3. The standard InChI is InChI=1S/C23H19ClN4O/c24-19-6-5-17(22-18(19)13-27-23(22)29)21-10-15-9-14(4-7-20(15)28-21)11-25-12-16-3-1-2-8-26-16/h1-10,25,28H,11-13H2,(H,27,29). The predicted molar refractivity (Wildman–Crippen MR) is 115 cm³/mol. The topological polar surface area (TPSA) is 69.8 Å². The molecule has 1 amide bonds. The molecular weight excluding hydrogens is 384 g/mol. The average Bonchev–Trinajstić information content (AvgIpc) is 3.33. The largest absolute Gasteiger partial charge is 0.355 e. The maximum Gasteiger partial charge on any atom is 0.252 e. The van der Waals surface area contributed by atoms with E-state index in [2.05, 4.69) is 44.9 Å². The van der Waals surface area contributed by atoms with Gasteiger partial charge in [0.15, 0.2) is 0 Å². The molecule has 0 saturated heterocycles. The van der Waals surface area contributed by atoms with Crippen molar-refractivity contribution in [3.63, 3.8) is 0 Å². The zero-order valence-electron chi connectivity index (χ0n) is 15.6. The fourth-order valence-corrected chi connectivity index (χ4v) is 4.04. The molecule has 0 fully saturated rings. The highest BCUT2D eigenvalue weighted by atomic mass is 35.5. The number of H-pyrrole nitrogens is 1. The lowest BCUT2D eigenvalue weighted by molar-refractivity contribution is 0.0966. The van der Waals surface area contributed by atoms with Gasteiger partial charge < -0.3 is 15.6 Å². The van der Waals surface area contributed by atoms with Crippen LogP contribution in [0.15, 0.2) is 60.8 Å². The first kappa shape index (κ1) is 17.9. The zero-order chi connectivity index (χ0) is 19.8. The van der Waals surface area contributed by atoms with E-state index in [1.165, 1.54) is 5.56 Å². The minimum atomic E-state index is -0.0735. The summed E-state index contributed by atoms with van der Waals surface area (Å²) in [6, 6.07) is 18.1. The highest BCUT2D eigenvalue weighted by Gasteiger charge is 2.26. The normalized spacial score (nSPS) is 12.9. The molecular formula is C23H19ClN4O. The SMILES string of the molecule is O=C1NCc2c(Cl)ccc(-c3cc4cc(CNCc5ccccn5)ccc4[nH]3)c21. The summed E-state index contributed by atoms with van der Waals surface area (Å²) in [4.78, 5) is 20.1. The molecule has 0 bridgehead atoms. The van der Waals surface area contributed by atoms with Gasteiger partial charge >= 0.3 is 0 Å². The molecule has 3 heterocycles. The van der Waals surface area contributed by atoms with Gasteiger partial charge in [-0.1, -0.05) is 29.8 Å².